The van der Waals surface area contributed by atoms with E-state index in [1.54, 1.807) is 0 Å². The molecule has 0 bridgehead atoms. The van der Waals surface area contributed by atoms with Gasteiger partial charge in [-0.05, 0) is 110 Å². The summed E-state index contributed by atoms with van der Waals surface area (Å²) in [6, 6.07) is 27.7. The van der Waals surface area contributed by atoms with Crippen molar-refractivity contribution in [2.24, 2.45) is 0 Å². The number of anilines is 4. The Hall–Kier alpha value is -3.70. The van der Waals surface area contributed by atoms with Gasteiger partial charge in [-0.25, -0.2) is 0 Å². The Balaban J connectivity index is 1.27. The lowest BCUT2D eigenvalue weighted by Crippen LogP contribution is -2.17. The van der Waals surface area contributed by atoms with Crippen LogP contribution in [0.1, 0.15) is 22.3 Å². The van der Waals surface area contributed by atoms with Crippen molar-refractivity contribution in [2.75, 3.05) is 32.8 Å². The second kappa shape index (κ2) is 15.9. The van der Waals surface area contributed by atoms with E-state index >= 15 is 0 Å². The van der Waals surface area contributed by atoms with Gasteiger partial charge in [0.2, 0.25) is 11.8 Å². The van der Waals surface area contributed by atoms with E-state index in [0.29, 0.717) is 8.64 Å². The first-order valence-corrected chi connectivity index (χ1v) is 16.7. The van der Waals surface area contributed by atoms with Crippen LogP contribution in [0.4, 0.5) is 22.7 Å². The summed E-state index contributed by atoms with van der Waals surface area (Å²) in [5, 5.41) is 12.3. The number of aryl methyl sites for hydroxylation is 4. The quantitative estimate of drug-likeness (QED) is 0.133. The number of rotatable bonds is 9. The van der Waals surface area contributed by atoms with Gasteiger partial charge in [0.1, 0.15) is 8.64 Å². The maximum absolute atomic E-state index is 12.6. The number of nitrogens with one attached hydrogen (secondary N) is 4. The lowest BCUT2D eigenvalue weighted by Gasteiger charge is -2.13. The molecule has 0 heterocycles. The van der Waals surface area contributed by atoms with E-state index in [1.165, 1.54) is 23.5 Å². The van der Waals surface area contributed by atoms with Crippen molar-refractivity contribution < 1.29 is 9.59 Å². The van der Waals surface area contributed by atoms with Gasteiger partial charge in [-0.1, -0.05) is 84.4 Å². The van der Waals surface area contributed by atoms with E-state index in [4.69, 9.17) is 24.4 Å². The fraction of sp³-hybridized carbons (Fsp3) is 0.176. The molecule has 2 amide bonds. The highest BCUT2D eigenvalue weighted by Gasteiger charge is 2.11. The predicted octanol–water partition coefficient (Wildman–Crippen LogP) is 8.72. The number of amides is 2. The number of benzene rings is 4. The number of carbonyl (C=O) groups excluding carboxylic acids is 2. The van der Waals surface area contributed by atoms with Crippen LogP contribution < -0.4 is 21.3 Å². The molecule has 4 aromatic rings. The zero-order chi connectivity index (χ0) is 31.6. The average molecular weight is 659 g/mol. The number of thioether (sulfide) groups is 2. The van der Waals surface area contributed by atoms with Crippen LogP contribution in [0.15, 0.2) is 84.9 Å². The molecule has 0 saturated heterocycles. The lowest BCUT2D eigenvalue weighted by molar-refractivity contribution is -0.114. The van der Waals surface area contributed by atoms with Crippen molar-refractivity contribution in [1.82, 2.24) is 0 Å². The van der Waals surface area contributed by atoms with Crippen LogP contribution in [0.5, 0.6) is 0 Å². The van der Waals surface area contributed by atoms with Gasteiger partial charge in [0, 0.05) is 22.7 Å². The first-order chi connectivity index (χ1) is 21.0. The molecule has 0 saturated carbocycles. The van der Waals surface area contributed by atoms with Gasteiger partial charge in [0.05, 0.1) is 11.5 Å². The van der Waals surface area contributed by atoms with Crippen molar-refractivity contribution in [3.8, 4) is 11.1 Å². The second-order valence-electron chi connectivity index (χ2n) is 10.3. The van der Waals surface area contributed by atoms with Crippen molar-refractivity contribution in [3.63, 3.8) is 0 Å². The Kier molecular flexibility index (Phi) is 12.0. The number of carbonyl (C=O) groups is 2. The maximum atomic E-state index is 12.6. The summed E-state index contributed by atoms with van der Waals surface area (Å²) in [7, 11) is 0. The normalized spacial score (nSPS) is 10.5. The summed E-state index contributed by atoms with van der Waals surface area (Å²) in [5.41, 5.74) is 9.52. The van der Waals surface area contributed by atoms with E-state index in [9.17, 15) is 9.59 Å². The first-order valence-electron chi connectivity index (χ1n) is 13.9. The molecular weight excluding hydrogens is 625 g/mol. The predicted molar refractivity (Wildman–Crippen MR) is 198 cm³/mol. The van der Waals surface area contributed by atoms with Gasteiger partial charge < -0.3 is 21.3 Å². The number of thiocarbonyl (C=S) groups is 2. The monoisotopic (exact) mass is 658 g/mol. The third-order valence-electron chi connectivity index (χ3n) is 6.53. The highest BCUT2D eigenvalue weighted by molar-refractivity contribution is 8.24. The van der Waals surface area contributed by atoms with Gasteiger partial charge in [0.15, 0.2) is 0 Å². The van der Waals surface area contributed by atoms with Crippen molar-refractivity contribution >= 4 is 91.2 Å². The summed E-state index contributed by atoms with van der Waals surface area (Å²) in [4.78, 5) is 25.2. The molecule has 0 aromatic heterocycles. The molecule has 0 aliphatic rings. The van der Waals surface area contributed by atoms with Gasteiger partial charge >= 0.3 is 0 Å². The smallest absolute Gasteiger partial charge is 0.234 e. The number of hydrogen-bond donors (Lipinski definition) is 4. The first kappa shape index (κ1) is 33.2. The van der Waals surface area contributed by atoms with Crippen LogP contribution in [-0.4, -0.2) is 32.0 Å². The largest absolute Gasteiger partial charge is 0.341 e. The Bertz CT molecular complexity index is 1580. The van der Waals surface area contributed by atoms with Crippen LogP contribution in [0, 0.1) is 27.7 Å². The van der Waals surface area contributed by atoms with Crippen molar-refractivity contribution in [1.29, 1.82) is 0 Å². The van der Waals surface area contributed by atoms with Crippen LogP contribution >= 0.6 is 48.0 Å². The summed E-state index contributed by atoms with van der Waals surface area (Å²) in [6.45, 7) is 7.97. The van der Waals surface area contributed by atoms with E-state index in [2.05, 4.69) is 21.3 Å². The summed E-state index contributed by atoms with van der Waals surface area (Å²) < 4.78 is 1.09. The van der Waals surface area contributed by atoms with Crippen LogP contribution in [-0.2, 0) is 9.59 Å². The molecule has 0 radical (unpaired) electrons. The fourth-order valence-electron chi connectivity index (χ4n) is 4.36. The lowest BCUT2D eigenvalue weighted by atomic mass is 10.00. The molecule has 4 rings (SSSR count). The van der Waals surface area contributed by atoms with Gasteiger partial charge in [0.25, 0.3) is 0 Å². The Morgan fingerprint density at radius 3 is 1.34 bits per heavy atom. The average Bonchev–Trinajstić information content (AvgIpc) is 2.97. The van der Waals surface area contributed by atoms with Crippen LogP contribution in [0.2, 0.25) is 0 Å². The Labute approximate surface area is 278 Å². The number of hydrogen-bond acceptors (Lipinski definition) is 6. The Morgan fingerprint density at radius 2 is 0.977 bits per heavy atom. The molecule has 226 valence electrons. The molecule has 4 N–H and O–H groups in total. The molecule has 6 nitrogen and oxygen atoms in total. The molecule has 0 spiro atoms. The van der Waals surface area contributed by atoms with Crippen molar-refractivity contribution in [2.45, 2.75) is 27.7 Å². The molecule has 44 heavy (non-hydrogen) atoms. The molecule has 0 aliphatic heterocycles. The van der Waals surface area contributed by atoms with E-state index in [0.717, 1.165) is 56.1 Å². The Morgan fingerprint density at radius 1 is 0.568 bits per heavy atom. The summed E-state index contributed by atoms with van der Waals surface area (Å²) >= 11 is 13.4. The highest BCUT2D eigenvalue weighted by Crippen LogP contribution is 2.28. The van der Waals surface area contributed by atoms with Crippen LogP contribution in [0.3, 0.4) is 0 Å². The van der Waals surface area contributed by atoms with Gasteiger partial charge in [-0.15, -0.1) is 0 Å². The molecule has 4 aromatic carbocycles. The zero-order valence-electron chi connectivity index (χ0n) is 24.9. The molecule has 0 fully saturated rings. The molecular formula is C34H34N4O2S4. The van der Waals surface area contributed by atoms with Gasteiger partial charge in [-0.3, -0.25) is 9.59 Å². The third kappa shape index (κ3) is 10.2. The minimum atomic E-state index is -0.125. The molecule has 0 unspecified atom stereocenters. The van der Waals surface area contributed by atoms with Crippen molar-refractivity contribution in [3.05, 3.63) is 107 Å². The third-order valence-corrected chi connectivity index (χ3v) is 8.98. The van der Waals surface area contributed by atoms with E-state index in [-0.39, 0.29) is 23.3 Å². The SMILES string of the molecule is Cc1cccc(NC(=S)SCC(=O)Nc2ccc(-c3ccc(NC(=O)CSC(=S)Nc4cccc(C)c4)c(C)c3)cc2C)c1. The topological polar surface area (TPSA) is 82.3 Å². The molecule has 10 heteroatoms. The van der Waals surface area contributed by atoms with E-state index in [1.807, 2.05) is 113 Å². The zero-order valence-corrected chi connectivity index (χ0v) is 28.2. The minimum Gasteiger partial charge on any atom is -0.341 e. The highest BCUT2D eigenvalue weighted by atomic mass is 32.2. The fourth-order valence-corrected chi connectivity index (χ4v) is 5.99. The summed E-state index contributed by atoms with van der Waals surface area (Å²) in [6.07, 6.45) is 0. The maximum Gasteiger partial charge on any atom is 0.234 e. The minimum absolute atomic E-state index is 0.125. The standard InChI is InChI=1S/C34H34N4O2S4/c1-21-7-5-9-27(15-21)35-33(41)43-19-31(39)37-29-13-11-25(17-23(29)3)26-12-14-30(24(4)18-26)38-32(40)20-44-34(42)36-28-10-6-8-22(2)16-28/h5-18H,19-20H2,1-4H3,(H,35,41)(H,36,42)(H,37,39)(H,38,40). The molecule has 0 aliphatic carbocycles. The summed E-state index contributed by atoms with van der Waals surface area (Å²) in [5.74, 6) is 0.164. The molecule has 0 atom stereocenters. The van der Waals surface area contributed by atoms with E-state index < -0.39 is 0 Å². The second-order valence-corrected chi connectivity index (χ2v) is 13.6. The van der Waals surface area contributed by atoms with Gasteiger partial charge in [-0.2, -0.15) is 0 Å². The van der Waals surface area contributed by atoms with Crippen LogP contribution in [0.25, 0.3) is 11.1 Å².